The van der Waals surface area contributed by atoms with Crippen LogP contribution in [0.2, 0.25) is 6.04 Å². The topological polar surface area (TPSA) is 71.1 Å². The third-order valence-electron chi connectivity index (χ3n) is 3.26. The Morgan fingerprint density at radius 3 is 1.92 bits per heavy atom. The first-order valence-electron chi connectivity index (χ1n) is 9.39. The van der Waals surface area contributed by atoms with Crippen LogP contribution in [0.4, 0.5) is 0 Å². The van der Waals surface area contributed by atoms with Crippen LogP contribution in [-0.4, -0.2) is 51.1 Å². The average molecular weight is 409 g/mol. The Morgan fingerprint density at radius 1 is 1.00 bits per heavy atom. The number of carbonyl (C=O) groups is 2. The molecule has 0 aliphatic carbocycles. The van der Waals surface area contributed by atoms with Gasteiger partial charge < -0.3 is 18.0 Å². The van der Waals surface area contributed by atoms with E-state index in [0.717, 1.165) is 6.42 Å². The van der Waals surface area contributed by atoms with Gasteiger partial charge in [0, 0.05) is 37.5 Å². The molecule has 0 aliphatic heterocycles. The number of thioether (sulfide) groups is 1. The molecule has 1 unspecified atom stereocenters. The molecule has 0 aliphatic rings. The molecule has 0 fully saturated rings. The summed E-state index contributed by atoms with van der Waals surface area (Å²) in [5.74, 6) is -0.0450. The van der Waals surface area contributed by atoms with Gasteiger partial charge >= 0.3 is 14.8 Å². The van der Waals surface area contributed by atoms with E-state index in [4.69, 9.17) is 18.0 Å². The summed E-state index contributed by atoms with van der Waals surface area (Å²) < 4.78 is 22.7. The molecule has 0 amide bonds. The summed E-state index contributed by atoms with van der Waals surface area (Å²) in [4.78, 5) is 24.0. The number of hydrogen-bond acceptors (Lipinski definition) is 7. The van der Waals surface area contributed by atoms with Gasteiger partial charge in [0.05, 0.1) is 6.42 Å². The lowest BCUT2D eigenvalue weighted by Crippen LogP contribution is -2.46. The Balaban J connectivity index is 4.34. The van der Waals surface area contributed by atoms with Crippen molar-refractivity contribution in [3.8, 4) is 0 Å². The van der Waals surface area contributed by atoms with Gasteiger partial charge in [-0.2, -0.15) is 0 Å². The lowest BCUT2D eigenvalue weighted by atomic mass is 10.1. The summed E-state index contributed by atoms with van der Waals surface area (Å²) >= 11 is 1.25. The van der Waals surface area contributed by atoms with E-state index >= 15 is 0 Å². The van der Waals surface area contributed by atoms with E-state index in [1.807, 2.05) is 41.5 Å². The highest BCUT2D eigenvalue weighted by atomic mass is 32.2. The van der Waals surface area contributed by atoms with Crippen molar-refractivity contribution < 1.29 is 27.6 Å². The quantitative estimate of drug-likeness (QED) is 0.259. The fourth-order valence-corrected chi connectivity index (χ4v) is 6.05. The molecule has 0 bridgehead atoms. The molecule has 0 heterocycles. The van der Waals surface area contributed by atoms with Gasteiger partial charge in [-0.15, -0.1) is 0 Å². The lowest BCUT2D eigenvalue weighted by Gasteiger charge is -2.28. The minimum Gasteiger partial charge on any atom is -0.460 e. The first kappa shape index (κ1) is 25.6. The van der Waals surface area contributed by atoms with Gasteiger partial charge in [0.15, 0.2) is 5.12 Å². The van der Waals surface area contributed by atoms with Crippen molar-refractivity contribution in [1.29, 1.82) is 0 Å². The first-order chi connectivity index (χ1) is 12.1. The van der Waals surface area contributed by atoms with Crippen LogP contribution in [0.25, 0.3) is 0 Å². The van der Waals surface area contributed by atoms with Crippen molar-refractivity contribution in [3.05, 3.63) is 0 Å². The predicted molar refractivity (Wildman–Crippen MR) is 107 cm³/mol. The molecule has 8 heteroatoms. The highest BCUT2D eigenvalue weighted by Crippen LogP contribution is 2.22. The van der Waals surface area contributed by atoms with Gasteiger partial charge in [0.25, 0.3) is 0 Å². The van der Waals surface area contributed by atoms with Crippen molar-refractivity contribution in [2.75, 3.05) is 25.6 Å². The summed E-state index contributed by atoms with van der Waals surface area (Å²) in [6.45, 7) is 14.6. The molecule has 26 heavy (non-hydrogen) atoms. The van der Waals surface area contributed by atoms with Crippen LogP contribution < -0.4 is 0 Å². The monoisotopic (exact) mass is 408 g/mol. The van der Waals surface area contributed by atoms with Crippen molar-refractivity contribution in [3.63, 3.8) is 0 Å². The Bertz CT molecular complexity index is 407. The van der Waals surface area contributed by atoms with Gasteiger partial charge in [-0.05, 0) is 48.0 Å². The summed E-state index contributed by atoms with van der Waals surface area (Å²) in [5, 5.41) is 0.00681. The summed E-state index contributed by atoms with van der Waals surface area (Å²) in [7, 11) is -2.65. The minimum absolute atomic E-state index is 0.00681. The van der Waals surface area contributed by atoms with Gasteiger partial charge in [-0.3, -0.25) is 9.59 Å². The van der Waals surface area contributed by atoms with E-state index in [9.17, 15) is 9.59 Å². The van der Waals surface area contributed by atoms with Gasteiger partial charge in [-0.25, -0.2) is 0 Å². The second-order valence-corrected chi connectivity index (χ2v) is 10.8. The number of rotatable bonds is 13. The minimum atomic E-state index is -2.65. The standard InChI is InChI=1S/C18H36O6SSi/c1-8-21-26(22-9-2,23-10-3)13-11-12-25-17(20)15(4)14-16(19)24-18(5,6)7/h15H,8-14H2,1-7H3. The largest absolute Gasteiger partial charge is 0.500 e. The fourth-order valence-electron chi connectivity index (χ4n) is 2.32. The number of ether oxygens (including phenoxy) is 1. The Morgan fingerprint density at radius 2 is 1.50 bits per heavy atom. The van der Waals surface area contributed by atoms with Crippen LogP contribution in [0.3, 0.4) is 0 Å². The highest BCUT2D eigenvalue weighted by Gasteiger charge is 2.39. The first-order valence-corrected chi connectivity index (χ1v) is 12.3. The average Bonchev–Trinajstić information content (AvgIpc) is 2.50. The maximum absolute atomic E-state index is 12.2. The molecule has 0 saturated heterocycles. The predicted octanol–water partition coefficient (Wildman–Crippen LogP) is 4.05. The van der Waals surface area contributed by atoms with E-state index in [2.05, 4.69) is 0 Å². The molecule has 154 valence electrons. The van der Waals surface area contributed by atoms with Crippen molar-refractivity contribution >= 4 is 31.7 Å². The molecule has 0 aromatic rings. The second-order valence-electron chi connectivity index (χ2n) is 6.94. The van der Waals surface area contributed by atoms with Crippen LogP contribution in [0, 0.1) is 5.92 Å². The second kappa shape index (κ2) is 12.9. The van der Waals surface area contributed by atoms with Gasteiger partial charge in [0.1, 0.15) is 5.60 Å². The molecule has 0 radical (unpaired) electrons. The van der Waals surface area contributed by atoms with Crippen molar-refractivity contribution in [2.45, 2.75) is 73.0 Å². The maximum Gasteiger partial charge on any atom is 0.500 e. The van der Waals surface area contributed by atoms with Crippen LogP contribution in [-0.2, 0) is 27.6 Å². The molecular weight excluding hydrogens is 372 g/mol. The molecule has 0 saturated carbocycles. The Labute approximate surface area is 164 Å². The normalized spacial score (nSPS) is 13.5. The third-order valence-corrected chi connectivity index (χ3v) is 7.59. The Hall–Kier alpha value is -0.413. The molecule has 0 spiro atoms. The summed E-state index contributed by atoms with van der Waals surface area (Å²) in [5.41, 5.74) is -0.529. The zero-order valence-corrected chi connectivity index (χ0v) is 19.2. The van der Waals surface area contributed by atoms with E-state index in [1.54, 1.807) is 6.92 Å². The van der Waals surface area contributed by atoms with Gasteiger partial charge in [0.2, 0.25) is 0 Å². The fraction of sp³-hybridized carbons (Fsp3) is 0.889. The molecule has 0 rings (SSSR count). The zero-order valence-electron chi connectivity index (χ0n) is 17.4. The number of carbonyl (C=O) groups excluding carboxylic acids is 2. The molecular formula is C18H36O6SSi. The number of esters is 1. The van der Waals surface area contributed by atoms with Crippen molar-refractivity contribution in [1.82, 2.24) is 0 Å². The van der Waals surface area contributed by atoms with Crippen LogP contribution in [0.5, 0.6) is 0 Å². The van der Waals surface area contributed by atoms with E-state index in [0.29, 0.717) is 31.6 Å². The summed E-state index contributed by atoms with van der Waals surface area (Å²) in [6, 6.07) is 0.684. The molecule has 0 aromatic heterocycles. The highest BCUT2D eigenvalue weighted by molar-refractivity contribution is 8.13. The van der Waals surface area contributed by atoms with E-state index < -0.39 is 14.4 Å². The Kier molecular flexibility index (Phi) is 12.7. The van der Waals surface area contributed by atoms with Crippen molar-refractivity contribution in [2.24, 2.45) is 5.92 Å². The molecule has 0 N–H and O–H groups in total. The zero-order chi connectivity index (χ0) is 20.2. The molecule has 1 atom stereocenters. The summed E-state index contributed by atoms with van der Waals surface area (Å²) in [6.07, 6.45) is 0.875. The van der Waals surface area contributed by atoms with Crippen LogP contribution >= 0.6 is 11.8 Å². The lowest BCUT2D eigenvalue weighted by molar-refractivity contribution is -0.156. The van der Waals surface area contributed by atoms with Gasteiger partial charge in [-0.1, -0.05) is 18.7 Å². The van der Waals surface area contributed by atoms with Crippen LogP contribution in [0.1, 0.15) is 61.3 Å². The number of hydrogen-bond donors (Lipinski definition) is 0. The molecule has 0 aromatic carbocycles. The molecule has 6 nitrogen and oxygen atoms in total. The maximum atomic E-state index is 12.2. The smallest absolute Gasteiger partial charge is 0.460 e. The van der Waals surface area contributed by atoms with E-state index in [1.165, 1.54) is 11.8 Å². The van der Waals surface area contributed by atoms with Crippen LogP contribution in [0.15, 0.2) is 0 Å². The third kappa shape index (κ3) is 11.3. The SMILES string of the molecule is CCO[Si](CCCSC(=O)C(C)CC(=O)OC(C)(C)C)(OCC)OCC. The van der Waals surface area contributed by atoms with E-state index in [-0.39, 0.29) is 23.4 Å².